The highest BCUT2D eigenvalue weighted by atomic mass is 32.2. The second-order valence-electron chi connectivity index (χ2n) is 3.08. The Morgan fingerprint density at radius 3 is 3.06 bits per heavy atom. The topological polar surface area (TPSA) is 89.6 Å². The van der Waals surface area contributed by atoms with Gasteiger partial charge in [-0.1, -0.05) is 17.8 Å². The van der Waals surface area contributed by atoms with Crippen molar-refractivity contribution in [2.24, 2.45) is 0 Å². The lowest BCUT2D eigenvalue weighted by molar-refractivity contribution is 0.734. The molecular weight excluding hydrogens is 226 g/mol. The highest BCUT2D eigenvalue weighted by molar-refractivity contribution is 7.99. The number of aromatic nitrogens is 4. The molecule has 0 saturated carbocycles. The fraction of sp³-hybridized carbons (Fsp3) is 0.222. The van der Waals surface area contributed by atoms with E-state index in [1.54, 1.807) is 16.8 Å². The highest BCUT2D eigenvalue weighted by Crippen LogP contribution is 2.12. The number of nitrogens with zero attached hydrogens (tertiary/aromatic N) is 3. The number of pyridine rings is 1. The van der Waals surface area contributed by atoms with Crippen molar-refractivity contribution < 1.29 is 0 Å². The Balaban J connectivity index is 1.89. The second kappa shape index (κ2) is 4.84. The summed E-state index contributed by atoms with van der Waals surface area (Å²) >= 11 is 1.45. The monoisotopic (exact) mass is 237 g/mol. The van der Waals surface area contributed by atoms with Gasteiger partial charge in [0, 0.05) is 24.6 Å². The lowest BCUT2D eigenvalue weighted by Crippen LogP contribution is -2.18. The Morgan fingerprint density at radius 1 is 1.50 bits per heavy atom. The van der Waals surface area contributed by atoms with Gasteiger partial charge in [-0.25, -0.2) is 5.10 Å². The Morgan fingerprint density at radius 2 is 2.38 bits per heavy atom. The van der Waals surface area contributed by atoms with E-state index in [-0.39, 0.29) is 5.56 Å². The normalized spacial score (nSPS) is 10.5. The first kappa shape index (κ1) is 10.7. The van der Waals surface area contributed by atoms with Crippen LogP contribution in [0.5, 0.6) is 0 Å². The first-order chi connectivity index (χ1) is 7.75. The van der Waals surface area contributed by atoms with Crippen LogP contribution < -0.4 is 11.3 Å². The summed E-state index contributed by atoms with van der Waals surface area (Å²) in [6.45, 7) is 0.624. The Kier molecular flexibility index (Phi) is 3.25. The van der Waals surface area contributed by atoms with Crippen molar-refractivity contribution in [3.8, 4) is 0 Å². The molecule has 2 rings (SSSR count). The van der Waals surface area contributed by atoms with Crippen molar-refractivity contribution in [2.75, 3.05) is 11.5 Å². The van der Waals surface area contributed by atoms with Crippen LogP contribution in [0.2, 0.25) is 0 Å². The third-order valence-corrected chi connectivity index (χ3v) is 2.77. The van der Waals surface area contributed by atoms with Crippen LogP contribution in [0.25, 0.3) is 0 Å². The van der Waals surface area contributed by atoms with Crippen LogP contribution in [0.4, 0.5) is 5.95 Å². The minimum atomic E-state index is -0.00222. The van der Waals surface area contributed by atoms with Gasteiger partial charge in [-0.3, -0.25) is 4.79 Å². The summed E-state index contributed by atoms with van der Waals surface area (Å²) < 4.78 is 1.64. The van der Waals surface area contributed by atoms with E-state index in [1.807, 2.05) is 6.07 Å². The molecule has 16 heavy (non-hydrogen) atoms. The zero-order valence-electron chi connectivity index (χ0n) is 8.46. The van der Waals surface area contributed by atoms with Gasteiger partial charge < -0.3 is 10.3 Å². The van der Waals surface area contributed by atoms with Gasteiger partial charge in [-0.15, -0.1) is 5.10 Å². The number of aryl methyl sites for hydroxylation is 1. The lowest BCUT2D eigenvalue weighted by atomic mass is 10.5. The molecule has 2 aromatic rings. The molecule has 0 aromatic carbocycles. The molecular formula is C9H11N5OS. The first-order valence-electron chi connectivity index (χ1n) is 4.72. The second-order valence-corrected chi connectivity index (χ2v) is 4.15. The number of hydrogen-bond acceptors (Lipinski definition) is 5. The maximum Gasteiger partial charge on any atom is 0.250 e. The number of aromatic amines is 1. The summed E-state index contributed by atoms with van der Waals surface area (Å²) in [7, 11) is 0. The van der Waals surface area contributed by atoms with E-state index < -0.39 is 0 Å². The third kappa shape index (κ3) is 2.63. The summed E-state index contributed by atoms with van der Waals surface area (Å²) in [5.74, 6) is 1.03. The molecule has 6 nitrogen and oxygen atoms in total. The van der Waals surface area contributed by atoms with E-state index in [9.17, 15) is 4.79 Å². The van der Waals surface area contributed by atoms with Gasteiger partial charge in [0.25, 0.3) is 5.56 Å². The van der Waals surface area contributed by atoms with Crippen LogP contribution in [0.15, 0.2) is 34.3 Å². The molecule has 7 heteroatoms. The number of anilines is 1. The molecule has 0 bridgehead atoms. The number of H-pyrrole nitrogens is 1. The van der Waals surface area contributed by atoms with Crippen molar-refractivity contribution in [3.63, 3.8) is 0 Å². The molecule has 0 atom stereocenters. The van der Waals surface area contributed by atoms with Gasteiger partial charge in [0.2, 0.25) is 11.1 Å². The van der Waals surface area contributed by atoms with Crippen LogP contribution in [0.3, 0.4) is 0 Å². The Labute approximate surface area is 95.9 Å². The van der Waals surface area contributed by atoms with Crippen LogP contribution in [-0.2, 0) is 6.54 Å². The van der Waals surface area contributed by atoms with E-state index in [1.165, 1.54) is 17.8 Å². The van der Waals surface area contributed by atoms with Crippen LogP contribution >= 0.6 is 11.8 Å². The van der Waals surface area contributed by atoms with E-state index in [0.717, 1.165) is 5.75 Å². The van der Waals surface area contributed by atoms with Gasteiger partial charge in [0.05, 0.1) is 0 Å². The number of thioether (sulfide) groups is 1. The zero-order chi connectivity index (χ0) is 11.4. The summed E-state index contributed by atoms with van der Waals surface area (Å²) in [6, 6.07) is 5.09. The summed E-state index contributed by atoms with van der Waals surface area (Å²) in [5, 5.41) is 7.04. The number of rotatable bonds is 4. The van der Waals surface area contributed by atoms with Gasteiger partial charge in [-0.2, -0.15) is 4.98 Å². The maximum atomic E-state index is 11.4. The number of nitrogens with one attached hydrogen (secondary N) is 1. The molecule has 0 aliphatic heterocycles. The zero-order valence-corrected chi connectivity index (χ0v) is 9.28. The molecule has 0 aliphatic carbocycles. The summed E-state index contributed by atoms with van der Waals surface area (Å²) in [6.07, 6.45) is 1.76. The molecule has 0 saturated heterocycles. The van der Waals surface area contributed by atoms with Crippen molar-refractivity contribution in [2.45, 2.75) is 11.7 Å². The van der Waals surface area contributed by atoms with Gasteiger partial charge in [0.15, 0.2) is 0 Å². The average molecular weight is 237 g/mol. The molecule has 0 radical (unpaired) electrons. The van der Waals surface area contributed by atoms with Gasteiger partial charge >= 0.3 is 0 Å². The predicted molar refractivity (Wildman–Crippen MR) is 62.2 cm³/mol. The quantitative estimate of drug-likeness (QED) is 0.748. The molecule has 0 fully saturated rings. The largest absolute Gasteiger partial charge is 0.368 e. The van der Waals surface area contributed by atoms with Gasteiger partial charge in [-0.05, 0) is 6.07 Å². The van der Waals surface area contributed by atoms with Crippen molar-refractivity contribution in [3.05, 3.63) is 34.7 Å². The van der Waals surface area contributed by atoms with Crippen molar-refractivity contribution in [1.82, 2.24) is 19.7 Å². The molecule has 3 N–H and O–H groups in total. The SMILES string of the molecule is Nc1nc(SCCn2ccccc2=O)n[nH]1. The Bertz CT molecular complexity index is 520. The van der Waals surface area contributed by atoms with Crippen molar-refractivity contribution in [1.29, 1.82) is 0 Å². The van der Waals surface area contributed by atoms with E-state index in [2.05, 4.69) is 15.2 Å². The summed E-state index contributed by atoms with van der Waals surface area (Å²) in [4.78, 5) is 15.3. The minimum absolute atomic E-state index is 0.00222. The third-order valence-electron chi connectivity index (χ3n) is 1.94. The minimum Gasteiger partial charge on any atom is -0.368 e. The molecule has 0 amide bonds. The fourth-order valence-corrected chi connectivity index (χ4v) is 1.95. The standard InChI is InChI=1S/C9H11N5OS/c10-8-11-9(13-12-8)16-6-5-14-4-2-1-3-7(14)15/h1-4H,5-6H2,(H3,10,11,12,13). The summed E-state index contributed by atoms with van der Waals surface area (Å²) in [5.41, 5.74) is 5.39. The van der Waals surface area contributed by atoms with E-state index in [0.29, 0.717) is 17.6 Å². The molecule has 0 spiro atoms. The number of hydrogen-bond donors (Lipinski definition) is 2. The molecule has 0 unspecified atom stereocenters. The number of nitrogens with two attached hydrogens (primary N) is 1. The molecule has 2 aromatic heterocycles. The Hall–Kier alpha value is -1.76. The fourth-order valence-electron chi connectivity index (χ4n) is 1.20. The lowest BCUT2D eigenvalue weighted by Gasteiger charge is -2.02. The molecule has 84 valence electrons. The average Bonchev–Trinajstić information content (AvgIpc) is 2.67. The first-order valence-corrected chi connectivity index (χ1v) is 5.70. The highest BCUT2D eigenvalue weighted by Gasteiger charge is 2.01. The van der Waals surface area contributed by atoms with Crippen LogP contribution in [0, 0.1) is 0 Å². The molecule has 2 heterocycles. The smallest absolute Gasteiger partial charge is 0.250 e. The maximum absolute atomic E-state index is 11.4. The number of nitrogen functional groups attached to an aromatic ring is 1. The van der Waals surface area contributed by atoms with Gasteiger partial charge in [0.1, 0.15) is 0 Å². The predicted octanol–water partition coefficient (Wildman–Crippen LogP) is 0.341. The van der Waals surface area contributed by atoms with Crippen LogP contribution in [-0.4, -0.2) is 25.5 Å². The van der Waals surface area contributed by atoms with Crippen molar-refractivity contribution >= 4 is 17.7 Å². The van der Waals surface area contributed by atoms with E-state index >= 15 is 0 Å². The molecule has 0 aliphatic rings. The van der Waals surface area contributed by atoms with Crippen LogP contribution in [0.1, 0.15) is 0 Å². The van der Waals surface area contributed by atoms with E-state index in [4.69, 9.17) is 5.73 Å².